The largest absolute Gasteiger partial charge is 0.507 e. The Bertz CT molecular complexity index is 1570. The Hall–Kier alpha value is -4.33. The van der Waals surface area contributed by atoms with E-state index in [4.69, 9.17) is 4.74 Å². The van der Waals surface area contributed by atoms with E-state index in [9.17, 15) is 24.6 Å². The summed E-state index contributed by atoms with van der Waals surface area (Å²) in [6, 6.07) is 10.2. The predicted molar refractivity (Wildman–Crippen MR) is 138 cm³/mol. The highest BCUT2D eigenvalue weighted by atomic mass is 16.5. The number of hydrogen-bond acceptors (Lipinski definition) is 7. The highest BCUT2D eigenvalue weighted by Gasteiger charge is 2.56. The number of nitrogens with one attached hydrogen (secondary N) is 1. The van der Waals surface area contributed by atoms with E-state index in [1.54, 1.807) is 13.8 Å². The van der Waals surface area contributed by atoms with Gasteiger partial charge in [0.1, 0.15) is 34.0 Å². The molecule has 0 saturated heterocycles. The fourth-order valence-electron chi connectivity index (χ4n) is 5.31. The van der Waals surface area contributed by atoms with Crippen molar-refractivity contribution in [3.05, 3.63) is 76.3 Å². The minimum absolute atomic E-state index is 0.0244. The highest BCUT2D eigenvalue weighted by Crippen LogP contribution is 2.57. The van der Waals surface area contributed by atoms with E-state index in [1.807, 2.05) is 18.3 Å². The maximum absolute atomic E-state index is 13.8. The van der Waals surface area contributed by atoms with Crippen molar-refractivity contribution in [1.29, 1.82) is 0 Å². The number of carbonyl (C=O) groups is 3. The number of Topliss-reactive ketones (excluding diaryl/α,β-unsaturated/α-hetero) is 2. The zero-order valence-corrected chi connectivity index (χ0v) is 21.1. The summed E-state index contributed by atoms with van der Waals surface area (Å²) in [5, 5.41) is 25.8. The molecule has 0 spiro atoms. The van der Waals surface area contributed by atoms with Crippen LogP contribution in [-0.2, 0) is 21.5 Å². The maximum Gasteiger partial charge on any atom is 0.194 e. The number of allylic oxidation sites excluding steroid dienone is 4. The van der Waals surface area contributed by atoms with Crippen LogP contribution in [0.5, 0.6) is 17.2 Å². The summed E-state index contributed by atoms with van der Waals surface area (Å²) in [5.41, 5.74) is 0.0619. The number of aryl methyl sites for hydroxylation is 1. The number of fused-ring (bicyclic) bond motifs is 4. The molecule has 0 unspecified atom stereocenters. The van der Waals surface area contributed by atoms with Crippen molar-refractivity contribution in [2.45, 2.75) is 46.1 Å². The standard InChI is InChI=1S/C29H28N2O6/c1-15-25(34)23(17(3)32)27-24(26(15)35)29(4)21(37-27)14-20(33)22(28(29)36)16(2)30-11-7-12-31-13-10-18-8-5-6-9-19(18)31/h5-6,8-10,13-14,30,34-35H,7,11-12H2,1-4H3/b22-16+/t29-/m0/s1. The van der Waals surface area contributed by atoms with E-state index >= 15 is 0 Å². The van der Waals surface area contributed by atoms with Crippen LogP contribution in [0.3, 0.4) is 0 Å². The van der Waals surface area contributed by atoms with Gasteiger partial charge in [0.05, 0.1) is 11.1 Å². The van der Waals surface area contributed by atoms with Gasteiger partial charge in [-0.3, -0.25) is 14.4 Å². The SMILES string of the molecule is CC(=O)c1c(O)c(C)c(O)c2c1OC1=CC(=O)/C(=C(/C)NCCCn3ccc4ccccc43)C(=O)[C@@]12C. The minimum Gasteiger partial charge on any atom is -0.507 e. The quantitative estimate of drug-likeness (QED) is 0.201. The van der Waals surface area contributed by atoms with Crippen molar-refractivity contribution in [1.82, 2.24) is 9.88 Å². The lowest BCUT2D eigenvalue weighted by molar-refractivity contribution is -0.123. The number of benzene rings is 2. The van der Waals surface area contributed by atoms with E-state index in [2.05, 4.69) is 28.1 Å². The molecule has 0 saturated carbocycles. The molecular weight excluding hydrogens is 472 g/mol. The Morgan fingerprint density at radius 1 is 1.11 bits per heavy atom. The maximum atomic E-state index is 13.8. The first-order chi connectivity index (χ1) is 17.6. The van der Waals surface area contributed by atoms with Gasteiger partial charge in [0.25, 0.3) is 0 Å². The number of aromatic nitrogens is 1. The topological polar surface area (TPSA) is 118 Å². The second kappa shape index (κ2) is 8.65. The molecule has 0 radical (unpaired) electrons. The van der Waals surface area contributed by atoms with Gasteiger partial charge in [-0.25, -0.2) is 0 Å². The Morgan fingerprint density at radius 3 is 2.57 bits per heavy atom. The molecule has 3 aromatic rings. The average Bonchev–Trinajstić information content (AvgIpc) is 3.39. The van der Waals surface area contributed by atoms with Crippen molar-refractivity contribution in [2.75, 3.05) is 6.54 Å². The highest BCUT2D eigenvalue weighted by molar-refractivity contribution is 6.31. The third-order valence-electron chi connectivity index (χ3n) is 7.41. The summed E-state index contributed by atoms with van der Waals surface area (Å²) in [6.45, 7) is 7.26. The van der Waals surface area contributed by atoms with E-state index in [1.165, 1.54) is 25.3 Å². The molecule has 8 heteroatoms. The first-order valence-electron chi connectivity index (χ1n) is 12.1. The molecule has 1 aliphatic heterocycles. The molecule has 2 aromatic carbocycles. The molecule has 1 aromatic heterocycles. The van der Waals surface area contributed by atoms with Crippen LogP contribution < -0.4 is 10.1 Å². The van der Waals surface area contributed by atoms with Gasteiger partial charge in [-0.05, 0) is 51.6 Å². The number of rotatable bonds is 6. The molecule has 8 nitrogen and oxygen atoms in total. The number of ketones is 3. The van der Waals surface area contributed by atoms with E-state index < -0.39 is 28.5 Å². The lowest BCUT2D eigenvalue weighted by Crippen LogP contribution is -2.41. The normalized spacial score (nSPS) is 19.8. The summed E-state index contributed by atoms with van der Waals surface area (Å²) in [4.78, 5) is 39.2. The lowest BCUT2D eigenvalue weighted by atomic mass is 9.70. The Labute approximate surface area is 213 Å². The molecule has 2 heterocycles. The summed E-state index contributed by atoms with van der Waals surface area (Å²) in [6.07, 6.45) is 4.03. The van der Waals surface area contributed by atoms with Crippen molar-refractivity contribution in [3.63, 3.8) is 0 Å². The third kappa shape index (κ3) is 3.55. The van der Waals surface area contributed by atoms with Crippen LogP contribution in [-0.4, -0.2) is 38.7 Å². The van der Waals surface area contributed by atoms with Crippen LogP contribution in [0.4, 0.5) is 0 Å². The molecule has 0 amide bonds. The number of nitrogens with zero attached hydrogens (tertiary/aromatic N) is 1. The number of carbonyl (C=O) groups excluding carboxylic acids is 3. The molecule has 1 aliphatic carbocycles. The monoisotopic (exact) mass is 500 g/mol. The molecule has 0 bridgehead atoms. The molecule has 5 rings (SSSR count). The fraction of sp³-hybridized carbons (Fsp3) is 0.276. The zero-order chi connectivity index (χ0) is 26.6. The van der Waals surface area contributed by atoms with Crippen molar-refractivity contribution in [2.24, 2.45) is 0 Å². The third-order valence-corrected chi connectivity index (χ3v) is 7.41. The number of ether oxygens (including phenoxy) is 1. The van der Waals surface area contributed by atoms with Crippen molar-refractivity contribution < 1.29 is 29.3 Å². The molecule has 1 atom stereocenters. The summed E-state index contributed by atoms with van der Waals surface area (Å²) < 4.78 is 7.96. The van der Waals surface area contributed by atoms with Gasteiger partial charge in [0, 0.05) is 42.1 Å². The minimum atomic E-state index is -1.52. The zero-order valence-electron chi connectivity index (χ0n) is 21.1. The van der Waals surface area contributed by atoms with Crippen LogP contribution in [0.25, 0.3) is 10.9 Å². The van der Waals surface area contributed by atoms with Gasteiger partial charge >= 0.3 is 0 Å². The van der Waals surface area contributed by atoms with Crippen LogP contribution in [0, 0.1) is 6.92 Å². The molecule has 3 N–H and O–H groups in total. The van der Waals surface area contributed by atoms with Gasteiger partial charge < -0.3 is 24.8 Å². The van der Waals surface area contributed by atoms with E-state index in [0.717, 1.165) is 18.5 Å². The fourth-order valence-corrected chi connectivity index (χ4v) is 5.31. The lowest BCUT2D eigenvalue weighted by Gasteiger charge is -2.29. The molecule has 2 aliphatic rings. The van der Waals surface area contributed by atoms with Gasteiger partial charge in [-0.1, -0.05) is 18.2 Å². The molecule has 0 fully saturated rings. The summed E-state index contributed by atoms with van der Waals surface area (Å²) in [7, 11) is 0. The number of phenols is 2. The second-order valence-corrected chi connectivity index (χ2v) is 9.73. The number of hydrogen-bond donors (Lipinski definition) is 3. The van der Waals surface area contributed by atoms with Crippen molar-refractivity contribution in [3.8, 4) is 17.2 Å². The smallest absolute Gasteiger partial charge is 0.194 e. The van der Waals surface area contributed by atoms with Crippen LogP contribution in [0.1, 0.15) is 48.7 Å². The van der Waals surface area contributed by atoms with Gasteiger partial charge in [0.2, 0.25) is 0 Å². The van der Waals surface area contributed by atoms with Gasteiger partial charge in [-0.2, -0.15) is 0 Å². The van der Waals surface area contributed by atoms with E-state index in [-0.39, 0.29) is 39.5 Å². The average molecular weight is 501 g/mol. The molecule has 190 valence electrons. The summed E-state index contributed by atoms with van der Waals surface area (Å²) >= 11 is 0. The summed E-state index contributed by atoms with van der Waals surface area (Å²) in [5.74, 6) is -2.35. The first-order valence-corrected chi connectivity index (χ1v) is 12.1. The van der Waals surface area contributed by atoms with Crippen LogP contribution in [0.15, 0.2) is 59.6 Å². The van der Waals surface area contributed by atoms with Crippen molar-refractivity contribution >= 4 is 28.3 Å². The molecule has 37 heavy (non-hydrogen) atoms. The number of para-hydroxylation sites is 1. The van der Waals surface area contributed by atoms with Gasteiger partial charge in [-0.15, -0.1) is 0 Å². The van der Waals surface area contributed by atoms with Crippen LogP contribution in [0.2, 0.25) is 0 Å². The Balaban J connectivity index is 1.43. The Kier molecular flexibility index (Phi) is 5.70. The Morgan fingerprint density at radius 2 is 1.84 bits per heavy atom. The predicted octanol–water partition coefficient (Wildman–Crippen LogP) is 4.20. The second-order valence-electron chi connectivity index (χ2n) is 9.73. The number of aromatic hydroxyl groups is 2. The van der Waals surface area contributed by atoms with E-state index in [0.29, 0.717) is 12.2 Å². The van der Waals surface area contributed by atoms with Crippen LogP contribution >= 0.6 is 0 Å². The first kappa shape index (κ1) is 24.4. The van der Waals surface area contributed by atoms with Gasteiger partial charge in [0.15, 0.2) is 17.3 Å². The molecular formula is C29H28N2O6. The number of phenolic OH excluding ortho intramolecular Hbond substituents is 2.